The lowest BCUT2D eigenvalue weighted by molar-refractivity contribution is -0.121. The van der Waals surface area contributed by atoms with E-state index >= 15 is 0 Å². The van der Waals surface area contributed by atoms with Crippen molar-refractivity contribution in [2.24, 2.45) is 0 Å². The van der Waals surface area contributed by atoms with Gasteiger partial charge < -0.3 is 19.7 Å². The summed E-state index contributed by atoms with van der Waals surface area (Å²) in [6.45, 7) is 3.57. The molecule has 0 aromatic heterocycles. The van der Waals surface area contributed by atoms with Gasteiger partial charge in [-0.05, 0) is 36.2 Å². The molecule has 1 aliphatic rings. The van der Waals surface area contributed by atoms with Crippen LogP contribution in [0.4, 0.5) is 11.4 Å². The van der Waals surface area contributed by atoms with E-state index in [0.29, 0.717) is 13.1 Å². The molecule has 24 heavy (non-hydrogen) atoms. The summed E-state index contributed by atoms with van der Waals surface area (Å²) < 4.78 is 10.8. The maximum atomic E-state index is 12.0. The smallest absolute Gasteiger partial charge is 0.265 e. The van der Waals surface area contributed by atoms with Gasteiger partial charge in [0.2, 0.25) is 0 Å². The van der Waals surface area contributed by atoms with Crippen molar-refractivity contribution in [3.63, 3.8) is 0 Å². The second-order valence-electron chi connectivity index (χ2n) is 5.72. The first-order valence-electron chi connectivity index (χ1n) is 8.15. The number of hydrogen-bond donors (Lipinski definition) is 1. The fourth-order valence-electron chi connectivity index (χ4n) is 2.77. The van der Waals surface area contributed by atoms with Gasteiger partial charge in [0.1, 0.15) is 11.5 Å². The van der Waals surface area contributed by atoms with Crippen LogP contribution in [0.1, 0.15) is 18.9 Å². The third kappa shape index (κ3) is 3.45. The molecule has 0 atom stereocenters. The third-order valence-electron chi connectivity index (χ3n) is 3.98. The van der Waals surface area contributed by atoms with Crippen molar-refractivity contribution in [3.8, 4) is 11.5 Å². The third-order valence-corrected chi connectivity index (χ3v) is 3.98. The number of methoxy groups -OCH3 is 1. The van der Waals surface area contributed by atoms with E-state index in [2.05, 4.69) is 12.2 Å². The zero-order valence-electron chi connectivity index (χ0n) is 14.0. The SMILES string of the molecule is CCCN1C(=O)COc2cc(NCc3cccc(OC)c3)ccc21. The zero-order valence-corrected chi connectivity index (χ0v) is 14.0. The van der Waals surface area contributed by atoms with Crippen molar-refractivity contribution in [1.29, 1.82) is 0 Å². The summed E-state index contributed by atoms with van der Waals surface area (Å²) in [4.78, 5) is 13.8. The molecule has 0 aliphatic carbocycles. The number of ether oxygens (including phenoxy) is 2. The fourth-order valence-corrected chi connectivity index (χ4v) is 2.77. The molecule has 2 aromatic carbocycles. The Bertz CT molecular complexity index is 730. The van der Waals surface area contributed by atoms with Gasteiger partial charge >= 0.3 is 0 Å². The van der Waals surface area contributed by atoms with Crippen LogP contribution < -0.4 is 19.7 Å². The number of rotatable bonds is 6. The maximum absolute atomic E-state index is 12.0. The highest BCUT2D eigenvalue weighted by atomic mass is 16.5. The average Bonchev–Trinajstić information content (AvgIpc) is 2.62. The van der Waals surface area contributed by atoms with Gasteiger partial charge in [-0.2, -0.15) is 0 Å². The summed E-state index contributed by atoms with van der Waals surface area (Å²) in [5.41, 5.74) is 2.94. The summed E-state index contributed by atoms with van der Waals surface area (Å²) in [6.07, 6.45) is 0.918. The van der Waals surface area contributed by atoms with Crippen LogP contribution in [0.2, 0.25) is 0 Å². The molecule has 0 saturated carbocycles. The van der Waals surface area contributed by atoms with Gasteiger partial charge in [-0.15, -0.1) is 0 Å². The molecule has 0 radical (unpaired) electrons. The number of carbonyl (C=O) groups excluding carboxylic acids is 1. The number of nitrogens with one attached hydrogen (secondary N) is 1. The molecule has 0 spiro atoms. The molecule has 0 bridgehead atoms. The van der Waals surface area contributed by atoms with Gasteiger partial charge in [0, 0.05) is 24.8 Å². The highest BCUT2D eigenvalue weighted by molar-refractivity contribution is 5.98. The normalized spacial score (nSPS) is 13.2. The molecule has 1 heterocycles. The maximum Gasteiger partial charge on any atom is 0.265 e. The van der Waals surface area contributed by atoms with Gasteiger partial charge in [0.15, 0.2) is 6.61 Å². The van der Waals surface area contributed by atoms with Crippen LogP contribution in [0.5, 0.6) is 11.5 Å². The zero-order chi connectivity index (χ0) is 16.9. The lowest BCUT2D eigenvalue weighted by Crippen LogP contribution is -2.39. The molecule has 2 aromatic rings. The number of hydrogen-bond acceptors (Lipinski definition) is 4. The Labute approximate surface area is 142 Å². The van der Waals surface area contributed by atoms with Crippen LogP contribution in [0.25, 0.3) is 0 Å². The summed E-state index contributed by atoms with van der Waals surface area (Å²) >= 11 is 0. The number of benzene rings is 2. The Morgan fingerprint density at radius 1 is 1.25 bits per heavy atom. The summed E-state index contributed by atoms with van der Waals surface area (Å²) in [5.74, 6) is 1.61. The van der Waals surface area contributed by atoms with E-state index in [1.54, 1.807) is 12.0 Å². The summed E-state index contributed by atoms with van der Waals surface area (Å²) in [7, 11) is 1.66. The van der Waals surface area contributed by atoms with E-state index in [1.165, 1.54) is 0 Å². The predicted molar refractivity (Wildman–Crippen MR) is 94.9 cm³/mol. The van der Waals surface area contributed by atoms with Crippen LogP contribution in [0.3, 0.4) is 0 Å². The van der Waals surface area contributed by atoms with Crippen molar-refractivity contribution >= 4 is 17.3 Å². The molecular formula is C19H22N2O3. The van der Waals surface area contributed by atoms with Crippen molar-refractivity contribution in [2.75, 3.05) is 30.5 Å². The first-order valence-corrected chi connectivity index (χ1v) is 8.15. The van der Waals surface area contributed by atoms with Gasteiger partial charge in [-0.25, -0.2) is 0 Å². The standard InChI is InChI=1S/C19H22N2O3/c1-3-9-21-17-8-7-15(11-18(17)24-13-19(21)22)20-12-14-5-4-6-16(10-14)23-2/h4-8,10-11,20H,3,9,12-13H2,1-2H3. The molecule has 1 N–H and O–H groups in total. The van der Waals surface area contributed by atoms with Gasteiger partial charge in [0.25, 0.3) is 5.91 Å². The first kappa shape index (κ1) is 16.2. The van der Waals surface area contributed by atoms with Gasteiger partial charge in [-0.1, -0.05) is 19.1 Å². The minimum Gasteiger partial charge on any atom is -0.497 e. The van der Waals surface area contributed by atoms with Crippen molar-refractivity contribution in [2.45, 2.75) is 19.9 Å². The van der Waals surface area contributed by atoms with Gasteiger partial charge in [0.05, 0.1) is 12.8 Å². The molecule has 5 nitrogen and oxygen atoms in total. The van der Waals surface area contributed by atoms with Crippen LogP contribution in [-0.2, 0) is 11.3 Å². The summed E-state index contributed by atoms with van der Waals surface area (Å²) in [6, 6.07) is 13.8. The number of fused-ring (bicyclic) bond motifs is 1. The minimum absolute atomic E-state index is 0.0152. The van der Waals surface area contributed by atoms with Crippen LogP contribution >= 0.6 is 0 Å². The highest BCUT2D eigenvalue weighted by Crippen LogP contribution is 2.34. The van der Waals surface area contributed by atoms with Crippen molar-refractivity contribution in [3.05, 3.63) is 48.0 Å². The molecule has 1 amide bonds. The van der Waals surface area contributed by atoms with Crippen LogP contribution in [0, 0.1) is 0 Å². The molecule has 0 saturated heterocycles. The number of amides is 1. The number of carbonyl (C=O) groups is 1. The lowest BCUT2D eigenvalue weighted by Gasteiger charge is -2.29. The predicted octanol–water partition coefficient (Wildman–Crippen LogP) is 3.44. The monoisotopic (exact) mass is 326 g/mol. The Morgan fingerprint density at radius 2 is 2.12 bits per heavy atom. The average molecular weight is 326 g/mol. The van der Waals surface area contributed by atoms with Gasteiger partial charge in [-0.3, -0.25) is 4.79 Å². The Balaban J connectivity index is 1.73. The molecule has 0 fully saturated rings. The largest absolute Gasteiger partial charge is 0.497 e. The first-order chi connectivity index (χ1) is 11.7. The number of nitrogens with zero attached hydrogens (tertiary/aromatic N) is 1. The molecule has 0 unspecified atom stereocenters. The van der Waals surface area contributed by atoms with E-state index in [1.807, 2.05) is 42.5 Å². The Morgan fingerprint density at radius 3 is 2.92 bits per heavy atom. The molecule has 5 heteroatoms. The number of anilines is 2. The van der Waals surface area contributed by atoms with Crippen molar-refractivity contribution < 1.29 is 14.3 Å². The van der Waals surface area contributed by atoms with E-state index in [0.717, 1.165) is 34.9 Å². The van der Waals surface area contributed by atoms with Crippen LogP contribution in [-0.4, -0.2) is 26.2 Å². The Hall–Kier alpha value is -2.69. The second-order valence-corrected chi connectivity index (χ2v) is 5.72. The topological polar surface area (TPSA) is 50.8 Å². The van der Waals surface area contributed by atoms with E-state index in [4.69, 9.17) is 9.47 Å². The second kappa shape index (κ2) is 7.25. The highest BCUT2D eigenvalue weighted by Gasteiger charge is 2.24. The lowest BCUT2D eigenvalue weighted by atomic mass is 10.2. The molecule has 3 rings (SSSR count). The van der Waals surface area contributed by atoms with Crippen molar-refractivity contribution in [1.82, 2.24) is 0 Å². The molecule has 126 valence electrons. The Kier molecular flexibility index (Phi) is 4.89. The minimum atomic E-state index is 0.0152. The quantitative estimate of drug-likeness (QED) is 0.883. The molecule has 1 aliphatic heterocycles. The van der Waals surface area contributed by atoms with E-state index in [9.17, 15) is 4.79 Å². The summed E-state index contributed by atoms with van der Waals surface area (Å²) in [5, 5.41) is 3.38. The van der Waals surface area contributed by atoms with Crippen LogP contribution in [0.15, 0.2) is 42.5 Å². The van der Waals surface area contributed by atoms with E-state index < -0.39 is 0 Å². The molecular weight excluding hydrogens is 304 g/mol. The fraction of sp³-hybridized carbons (Fsp3) is 0.316. The van der Waals surface area contributed by atoms with E-state index in [-0.39, 0.29) is 12.5 Å².